The normalized spacial score (nSPS) is 15.6. The van der Waals surface area contributed by atoms with E-state index in [0.29, 0.717) is 19.0 Å². The number of unbranched alkanes of at least 4 members (excludes halogenated alkanes) is 1. The van der Waals surface area contributed by atoms with Gasteiger partial charge < -0.3 is 20.6 Å². The van der Waals surface area contributed by atoms with Crippen LogP contribution in [0.15, 0.2) is 54.6 Å². The predicted molar refractivity (Wildman–Crippen MR) is 129 cm³/mol. The van der Waals surface area contributed by atoms with Crippen molar-refractivity contribution in [3.8, 4) is 0 Å². The lowest BCUT2D eigenvalue weighted by Crippen LogP contribution is -2.44. The first kappa shape index (κ1) is 23.3. The molecule has 0 bridgehead atoms. The zero-order valence-electron chi connectivity index (χ0n) is 18.7. The number of carbonyl (C=O) groups is 1. The number of benzene rings is 2. The van der Waals surface area contributed by atoms with Crippen molar-refractivity contribution in [1.82, 2.24) is 5.32 Å². The highest BCUT2D eigenvalue weighted by Crippen LogP contribution is 2.22. The lowest BCUT2D eigenvalue weighted by Gasteiger charge is -2.34. The number of amides is 1. The molecule has 168 valence electrons. The molecule has 0 aromatic heterocycles. The molecule has 1 aliphatic heterocycles. The van der Waals surface area contributed by atoms with Gasteiger partial charge in [-0.25, -0.2) is 0 Å². The molecule has 1 heterocycles. The van der Waals surface area contributed by atoms with Crippen LogP contribution in [0.1, 0.15) is 51.0 Å². The topological polar surface area (TPSA) is 64.6 Å². The van der Waals surface area contributed by atoms with E-state index in [4.69, 9.17) is 0 Å². The number of anilines is 2. The maximum absolute atomic E-state index is 12.2. The van der Waals surface area contributed by atoms with E-state index in [1.54, 1.807) is 0 Å². The van der Waals surface area contributed by atoms with Gasteiger partial charge in [-0.15, -0.1) is 0 Å². The Morgan fingerprint density at radius 2 is 1.77 bits per heavy atom. The second kappa shape index (κ2) is 12.5. The van der Waals surface area contributed by atoms with Crippen molar-refractivity contribution in [3.05, 3.63) is 60.2 Å². The Labute approximate surface area is 186 Å². The quantitative estimate of drug-likeness (QED) is 0.470. The van der Waals surface area contributed by atoms with Crippen molar-refractivity contribution < 1.29 is 9.90 Å². The first-order valence-electron chi connectivity index (χ1n) is 11.7. The average molecular weight is 424 g/mol. The average Bonchev–Trinajstić information content (AvgIpc) is 2.82. The van der Waals surface area contributed by atoms with E-state index in [9.17, 15) is 9.90 Å². The van der Waals surface area contributed by atoms with E-state index < -0.39 is 0 Å². The molecular formula is C26H37N3O2. The van der Waals surface area contributed by atoms with Gasteiger partial charge in [-0.3, -0.25) is 4.79 Å². The smallest absolute Gasteiger partial charge is 0.224 e. The van der Waals surface area contributed by atoms with Crippen LogP contribution < -0.4 is 15.5 Å². The number of nitrogens with one attached hydrogen (secondary N) is 2. The molecular weight excluding hydrogens is 386 g/mol. The molecule has 1 atom stereocenters. The van der Waals surface area contributed by atoms with Gasteiger partial charge in [0.2, 0.25) is 5.91 Å². The molecule has 0 radical (unpaired) electrons. The monoisotopic (exact) mass is 423 g/mol. The molecule has 1 unspecified atom stereocenters. The molecule has 2 aromatic rings. The van der Waals surface area contributed by atoms with Crippen LogP contribution in [0.5, 0.6) is 0 Å². The highest BCUT2D eigenvalue weighted by molar-refractivity contribution is 5.90. The Bertz CT molecular complexity index is 771. The number of piperidine rings is 1. The van der Waals surface area contributed by atoms with E-state index in [0.717, 1.165) is 57.3 Å². The molecule has 2 aromatic carbocycles. The summed E-state index contributed by atoms with van der Waals surface area (Å²) in [5.74, 6) is 0.0852. The van der Waals surface area contributed by atoms with Gasteiger partial charge in [0.1, 0.15) is 0 Å². The number of aliphatic hydroxyl groups is 1. The van der Waals surface area contributed by atoms with Crippen molar-refractivity contribution in [2.24, 2.45) is 0 Å². The number of nitrogens with zero attached hydrogens (tertiary/aromatic N) is 1. The minimum atomic E-state index is -0.246. The molecule has 3 rings (SSSR count). The van der Waals surface area contributed by atoms with Gasteiger partial charge in [-0.05, 0) is 68.4 Å². The molecule has 5 nitrogen and oxygen atoms in total. The third kappa shape index (κ3) is 8.00. The van der Waals surface area contributed by atoms with Crippen LogP contribution in [0.25, 0.3) is 0 Å². The molecule has 0 aliphatic carbocycles. The molecule has 1 fully saturated rings. The number of rotatable bonds is 11. The Morgan fingerprint density at radius 1 is 1.06 bits per heavy atom. The zero-order chi connectivity index (χ0) is 21.9. The molecule has 3 N–H and O–H groups in total. The third-order valence-electron chi connectivity index (χ3n) is 6.09. The number of carbonyl (C=O) groups excluding carboxylic acids is 1. The summed E-state index contributed by atoms with van der Waals surface area (Å²) in [6.07, 6.45) is 6.22. The number of hydrogen-bond donors (Lipinski definition) is 3. The molecule has 1 amide bonds. The molecule has 0 spiro atoms. The Hall–Kier alpha value is -2.37. The van der Waals surface area contributed by atoms with Crippen LogP contribution in [-0.2, 0) is 11.2 Å². The standard InChI is InChI=1S/C26H37N3O2/c1-2-25(30)20-27-22-16-18-29(19-17-22)24-14-12-23(13-15-24)28-26(31)11-7-6-10-21-8-4-3-5-9-21/h3-5,8-9,12-15,22,25,27,30H,2,6-7,10-11,16-20H2,1H3,(H,28,31). The zero-order valence-corrected chi connectivity index (χ0v) is 18.7. The SMILES string of the molecule is CCC(O)CNC1CCN(c2ccc(NC(=O)CCCCc3ccccc3)cc2)CC1. The van der Waals surface area contributed by atoms with Crippen LogP contribution in [0.3, 0.4) is 0 Å². The maximum Gasteiger partial charge on any atom is 0.224 e. The highest BCUT2D eigenvalue weighted by Gasteiger charge is 2.19. The molecule has 0 saturated carbocycles. The summed E-state index contributed by atoms with van der Waals surface area (Å²) in [7, 11) is 0. The van der Waals surface area contributed by atoms with Crippen molar-refractivity contribution in [1.29, 1.82) is 0 Å². The van der Waals surface area contributed by atoms with Crippen molar-refractivity contribution in [2.75, 3.05) is 29.9 Å². The lowest BCUT2D eigenvalue weighted by molar-refractivity contribution is -0.116. The minimum absolute atomic E-state index is 0.0852. The molecule has 1 aliphatic rings. The van der Waals surface area contributed by atoms with Gasteiger partial charge >= 0.3 is 0 Å². The summed E-state index contributed by atoms with van der Waals surface area (Å²) in [6.45, 7) is 4.70. The van der Waals surface area contributed by atoms with E-state index in [1.807, 2.05) is 25.1 Å². The van der Waals surface area contributed by atoms with Gasteiger partial charge in [0.15, 0.2) is 0 Å². The number of aliphatic hydroxyl groups excluding tert-OH is 1. The van der Waals surface area contributed by atoms with Crippen LogP contribution in [0.4, 0.5) is 11.4 Å². The maximum atomic E-state index is 12.2. The largest absolute Gasteiger partial charge is 0.392 e. The lowest BCUT2D eigenvalue weighted by atomic mass is 10.0. The fourth-order valence-electron chi connectivity index (χ4n) is 4.03. The molecule has 31 heavy (non-hydrogen) atoms. The summed E-state index contributed by atoms with van der Waals surface area (Å²) >= 11 is 0. The summed E-state index contributed by atoms with van der Waals surface area (Å²) in [5, 5.41) is 16.2. The van der Waals surface area contributed by atoms with E-state index in [2.05, 4.69) is 51.9 Å². The van der Waals surface area contributed by atoms with Crippen LogP contribution >= 0.6 is 0 Å². The Morgan fingerprint density at radius 3 is 2.45 bits per heavy atom. The van der Waals surface area contributed by atoms with E-state index in [-0.39, 0.29) is 12.0 Å². The molecule has 5 heteroatoms. The minimum Gasteiger partial charge on any atom is -0.392 e. The first-order valence-corrected chi connectivity index (χ1v) is 11.7. The number of aryl methyl sites for hydroxylation is 1. The van der Waals surface area contributed by atoms with Gasteiger partial charge in [0, 0.05) is 43.5 Å². The van der Waals surface area contributed by atoms with Crippen molar-refractivity contribution in [3.63, 3.8) is 0 Å². The molecule has 1 saturated heterocycles. The predicted octanol–water partition coefficient (Wildman–Crippen LogP) is 4.37. The Balaban J connectivity index is 1.34. The van der Waals surface area contributed by atoms with Gasteiger partial charge in [-0.1, -0.05) is 37.3 Å². The summed E-state index contributed by atoms with van der Waals surface area (Å²) in [5.41, 5.74) is 3.40. The van der Waals surface area contributed by atoms with Crippen molar-refractivity contribution in [2.45, 2.75) is 64.0 Å². The first-order chi connectivity index (χ1) is 15.1. The highest BCUT2D eigenvalue weighted by atomic mass is 16.3. The van der Waals surface area contributed by atoms with Crippen LogP contribution in [-0.4, -0.2) is 42.8 Å². The fraction of sp³-hybridized carbons (Fsp3) is 0.500. The summed E-state index contributed by atoms with van der Waals surface area (Å²) < 4.78 is 0. The van der Waals surface area contributed by atoms with E-state index >= 15 is 0 Å². The second-order valence-electron chi connectivity index (χ2n) is 8.52. The summed E-state index contributed by atoms with van der Waals surface area (Å²) in [6, 6.07) is 19.1. The van der Waals surface area contributed by atoms with Gasteiger partial charge in [0.25, 0.3) is 0 Å². The van der Waals surface area contributed by atoms with E-state index in [1.165, 1.54) is 11.3 Å². The van der Waals surface area contributed by atoms with Gasteiger partial charge in [0.05, 0.1) is 6.10 Å². The van der Waals surface area contributed by atoms with Gasteiger partial charge in [-0.2, -0.15) is 0 Å². The number of hydrogen-bond acceptors (Lipinski definition) is 4. The summed E-state index contributed by atoms with van der Waals surface area (Å²) in [4.78, 5) is 14.6. The van der Waals surface area contributed by atoms with Crippen molar-refractivity contribution >= 4 is 17.3 Å². The second-order valence-corrected chi connectivity index (χ2v) is 8.52. The van der Waals surface area contributed by atoms with Crippen LogP contribution in [0.2, 0.25) is 0 Å². The fourth-order valence-corrected chi connectivity index (χ4v) is 4.03. The Kier molecular flexibility index (Phi) is 9.38. The third-order valence-corrected chi connectivity index (χ3v) is 6.09. The van der Waals surface area contributed by atoms with Crippen LogP contribution in [0, 0.1) is 0 Å².